The second-order valence-corrected chi connectivity index (χ2v) is 8.35. The standard InChI is InChI=1S/C28H26FN7O/c1-6-20(31-7-2)9-8-10-22-24(25-26(30)33-16-34-27(25)36(22)17(3)4)19-11-12-23(21(29)15-19)37-28-32-14-13-18(5)35-28/h1,7-17H,2-5H3,(H2,30,33,34)/b10-8+,20-9-,31-7?. The van der Waals surface area contributed by atoms with E-state index >= 15 is 4.39 Å². The number of halogens is 1. The monoisotopic (exact) mass is 495 g/mol. The Hall–Kier alpha value is -4.84. The van der Waals surface area contributed by atoms with Crippen molar-refractivity contribution in [2.45, 2.75) is 33.7 Å². The molecule has 0 radical (unpaired) electrons. The van der Waals surface area contributed by atoms with Gasteiger partial charge >= 0.3 is 6.01 Å². The molecule has 3 aromatic heterocycles. The lowest BCUT2D eigenvalue weighted by molar-refractivity contribution is 0.410. The zero-order chi connectivity index (χ0) is 26.5. The Morgan fingerprint density at radius 1 is 1.24 bits per heavy atom. The molecule has 3 heterocycles. The lowest BCUT2D eigenvalue weighted by atomic mass is 10.0. The molecule has 4 aromatic rings. The van der Waals surface area contributed by atoms with Gasteiger partial charge in [-0.15, -0.1) is 6.42 Å². The molecule has 8 nitrogen and oxygen atoms in total. The van der Waals surface area contributed by atoms with Gasteiger partial charge in [-0.25, -0.2) is 24.3 Å². The fourth-order valence-corrected chi connectivity index (χ4v) is 3.96. The van der Waals surface area contributed by atoms with Crippen LogP contribution in [0.25, 0.3) is 28.2 Å². The van der Waals surface area contributed by atoms with Crippen LogP contribution >= 0.6 is 0 Å². The number of nitrogen functional groups attached to an aromatic ring is 1. The molecular formula is C28H26FN7O. The van der Waals surface area contributed by atoms with Gasteiger partial charge in [0, 0.05) is 29.7 Å². The Morgan fingerprint density at radius 3 is 2.73 bits per heavy atom. The zero-order valence-corrected chi connectivity index (χ0v) is 21.0. The topological polar surface area (TPSA) is 104 Å². The zero-order valence-electron chi connectivity index (χ0n) is 21.0. The maximum absolute atomic E-state index is 15.3. The molecule has 4 rings (SSSR count). The molecule has 9 heteroatoms. The molecule has 0 spiro atoms. The highest BCUT2D eigenvalue weighted by Gasteiger charge is 2.23. The minimum atomic E-state index is -0.579. The molecule has 0 fully saturated rings. The van der Waals surface area contributed by atoms with E-state index in [0.29, 0.717) is 39.4 Å². The van der Waals surface area contributed by atoms with E-state index in [4.69, 9.17) is 16.9 Å². The van der Waals surface area contributed by atoms with E-state index in [9.17, 15) is 0 Å². The van der Waals surface area contributed by atoms with Crippen LogP contribution in [-0.2, 0) is 0 Å². The van der Waals surface area contributed by atoms with Crippen molar-refractivity contribution in [3.8, 4) is 35.2 Å². The van der Waals surface area contributed by atoms with Gasteiger partial charge in [0.15, 0.2) is 11.6 Å². The van der Waals surface area contributed by atoms with E-state index in [1.807, 2.05) is 24.5 Å². The first kappa shape index (κ1) is 25.3. The smallest absolute Gasteiger partial charge is 0.322 e. The first-order valence-corrected chi connectivity index (χ1v) is 11.6. The molecular weight excluding hydrogens is 469 g/mol. The number of anilines is 1. The number of terminal acetylenes is 1. The summed E-state index contributed by atoms with van der Waals surface area (Å²) in [5, 5.41) is 0.624. The number of nitrogens with two attached hydrogens (primary N) is 1. The maximum atomic E-state index is 15.3. The molecule has 1 aromatic carbocycles. The van der Waals surface area contributed by atoms with Gasteiger partial charge in [-0.2, -0.15) is 0 Å². The SMILES string of the molecule is C#C/C(=C/C=C/c1c(-c2ccc(Oc3nccc(C)n3)c(F)c2)c2c(N)ncnc2n1C(C)C)N=CC. The first-order chi connectivity index (χ1) is 17.8. The molecule has 186 valence electrons. The van der Waals surface area contributed by atoms with E-state index in [0.717, 1.165) is 5.69 Å². The summed E-state index contributed by atoms with van der Waals surface area (Å²) in [5.74, 6) is 2.25. The highest BCUT2D eigenvalue weighted by Crippen LogP contribution is 2.40. The van der Waals surface area contributed by atoms with Crippen molar-refractivity contribution in [2.24, 2.45) is 4.99 Å². The number of aliphatic imine (C=N–C) groups is 1. The number of hydrogen-bond acceptors (Lipinski definition) is 7. The Balaban J connectivity index is 1.89. The van der Waals surface area contributed by atoms with E-state index in [2.05, 4.69) is 30.8 Å². The summed E-state index contributed by atoms with van der Waals surface area (Å²) in [7, 11) is 0. The summed E-state index contributed by atoms with van der Waals surface area (Å²) in [6.45, 7) is 7.65. The molecule has 0 bridgehead atoms. The van der Waals surface area contributed by atoms with Crippen LogP contribution < -0.4 is 10.5 Å². The Morgan fingerprint density at radius 2 is 2.05 bits per heavy atom. The van der Waals surface area contributed by atoms with Crippen molar-refractivity contribution in [2.75, 3.05) is 5.73 Å². The van der Waals surface area contributed by atoms with Gasteiger partial charge in [0.1, 0.15) is 23.5 Å². The average molecular weight is 496 g/mol. The number of ether oxygens (including phenoxy) is 1. The number of aryl methyl sites for hydroxylation is 1. The van der Waals surface area contributed by atoms with Crippen LogP contribution in [0.15, 0.2) is 59.6 Å². The number of rotatable bonds is 7. The van der Waals surface area contributed by atoms with Crippen LogP contribution in [0.2, 0.25) is 0 Å². The third-order valence-electron chi connectivity index (χ3n) is 5.49. The van der Waals surface area contributed by atoms with E-state index in [1.165, 1.54) is 18.5 Å². The van der Waals surface area contributed by atoms with Crippen molar-refractivity contribution in [3.63, 3.8) is 0 Å². The summed E-state index contributed by atoms with van der Waals surface area (Å²) in [5.41, 5.74) is 10.2. The second-order valence-electron chi connectivity index (χ2n) is 8.35. The van der Waals surface area contributed by atoms with E-state index < -0.39 is 5.82 Å². The number of benzene rings is 1. The summed E-state index contributed by atoms with van der Waals surface area (Å²) in [6.07, 6.45) is 15.5. The molecule has 0 aliphatic rings. The molecule has 0 aliphatic carbocycles. The minimum Gasteiger partial charge on any atom is -0.421 e. The van der Waals surface area contributed by atoms with Crippen LogP contribution in [0.1, 0.15) is 38.2 Å². The van der Waals surface area contributed by atoms with Crippen molar-refractivity contribution < 1.29 is 9.13 Å². The predicted molar refractivity (Wildman–Crippen MR) is 145 cm³/mol. The Bertz CT molecular complexity index is 1590. The third-order valence-corrected chi connectivity index (χ3v) is 5.49. The van der Waals surface area contributed by atoms with Crippen molar-refractivity contribution in [1.29, 1.82) is 0 Å². The summed E-state index contributed by atoms with van der Waals surface area (Å²) in [4.78, 5) is 21.1. The normalized spacial score (nSPS) is 12.2. The second kappa shape index (κ2) is 10.8. The summed E-state index contributed by atoms with van der Waals surface area (Å²) >= 11 is 0. The van der Waals surface area contributed by atoms with Crippen molar-refractivity contribution in [1.82, 2.24) is 24.5 Å². The molecule has 2 N–H and O–H groups in total. The van der Waals surface area contributed by atoms with Gasteiger partial charge in [0.25, 0.3) is 0 Å². The van der Waals surface area contributed by atoms with E-state index in [1.54, 1.807) is 50.5 Å². The van der Waals surface area contributed by atoms with Gasteiger partial charge in [0.2, 0.25) is 0 Å². The largest absolute Gasteiger partial charge is 0.421 e. The van der Waals surface area contributed by atoms with Crippen molar-refractivity contribution in [3.05, 3.63) is 71.8 Å². The lowest BCUT2D eigenvalue weighted by Gasteiger charge is -2.13. The number of allylic oxidation sites excluding steroid dienone is 3. The van der Waals surface area contributed by atoms with Gasteiger partial charge in [-0.3, -0.25) is 4.99 Å². The van der Waals surface area contributed by atoms with Crippen molar-refractivity contribution >= 4 is 29.1 Å². The van der Waals surface area contributed by atoms with Crippen LogP contribution in [0, 0.1) is 25.1 Å². The van der Waals surface area contributed by atoms with Crippen LogP contribution in [0.4, 0.5) is 10.2 Å². The number of hydrogen-bond donors (Lipinski definition) is 1. The molecule has 0 aliphatic heterocycles. The fraction of sp³-hybridized carbons (Fsp3) is 0.179. The average Bonchev–Trinajstić information content (AvgIpc) is 3.20. The fourth-order valence-electron chi connectivity index (χ4n) is 3.96. The molecule has 0 saturated carbocycles. The first-order valence-electron chi connectivity index (χ1n) is 11.6. The van der Waals surface area contributed by atoms with E-state index in [-0.39, 0.29) is 17.8 Å². The molecule has 0 saturated heterocycles. The molecule has 0 atom stereocenters. The van der Waals surface area contributed by atoms with Gasteiger partial charge in [-0.05, 0) is 63.6 Å². The molecule has 0 unspecified atom stereocenters. The number of nitrogens with zero attached hydrogens (tertiary/aromatic N) is 6. The molecule has 0 amide bonds. The quantitative estimate of drug-likeness (QED) is 0.194. The number of fused-ring (bicyclic) bond motifs is 1. The van der Waals surface area contributed by atoms with Gasteiger partial charge in [-0.1, -0.05) is 18.1 Å². The Labute approximate surface area is 214 Å². The Kier molecular flexibility index (Phi) is 7.39. The molecule has 37 heavy (non-hydrogen) atoms. The van der Waals surface area contributed by atoms with Crippen LogP contribution in [0.5, 0.6) is 11.8 Å². The summed E-state index contributed by atoms with van der Waals surface area (Å²) < 4.78 is 22.9. The van der Waals surface area contributed by atoms with Crippen LogP contribution in [-0.4, -0.2) is 30.7 Å². The third kappa shape index (κ3) is 5.23. The number of aromatic nitrogens is 5. The predicted octanol–water partition coefficient (Wildman–Crippen LogP) is 5.91. The highest BCUT2D eigenvalue weighted by atomic mass is 19.1. The lowest BCUT2D eigenvalue weighted by Crippen LogP contribution is -2.04. The van der Waals surface area contributed by atoms with Gasteiger partial charge in [0.05, 0.1) is 11.1 Å². The van der Waals surface area contributed by atoms with Gasteiger partial charge < -0.3 is 15.0 Å². The van der Waals surface area contributed by atoms with Crippen LogP contribution in [0.3, 0.4) is 0 Å². The maximum Gasteiger partial charge on any atom is 0.322 e. The summed E-state index contributed by atoms with van der Waals surface area (Å²) in [6, 6.07) is 6.49. The highest BCUT2D eigenvalue weighted by molar-refractivity contribution is 6.04. The minimum absolute atomic E-state index is 0.00212.